The lowest BCUT2D eigenvalue weighted by Gasteiger charge is -2.14. The normalized spacial score (nSPS) is 11.3. The lowest BCUT2D eigenvalue weighted by atomic mass is 9.90. The number of hydrogen-bond donors (Lipinski definition) is 0. The summed E-state index contributed by atoms with van der Waals surface area (Å²) in [6, 6.07) is 2.66. The average molecular weight is 450 g/mol. The lowest BCUT2D eigenvalue weighted by Crippen LogP contribution is -2.17. The Labute approximate surface area is 182 Å². The second-order valence-corrected chi connectivity index (χ2v) is 9.22. The van der Waals surface area contributed by atoms with Gasteiger partial charge in [0.25, 0.3) is 5.69 Å². The summed E-state index contributed by atoms with van der Waals surface area (Å²) in [4.78, 5) is 24.4. The van der Waals surface area contributed by atoms with Crippen molar-refractivity contribution in [3.8, 4) is 5.88 Å². The predicted molar refractivity (Wildman–Crippen MR) is 118 cm³/mol. The molecule has 0 atom stereocenters. The molecule has 0 aliphatic rings. The van der Waals surface area contributed by atoms with Crippen LogP contribution in [0, 0.1) is 17.0 Å². The van der Waals surface area contributed by atoms with Gasteiger partial charge in [-0.25, -0.2) is 4.68 Å². The van der Waals surface area contributed by atoms with Gasteiger partial charge in [0.2, 0.25) is 5.88 Å². The molecular weight excluding hydrogens is 422 g/mol. The Morgan fingerprint density at radius 2 is 1.87 bits per heavy atom. The Morgan fingerprint density at radius 3 is 2.42 bits per heavy atom. The molecule has 0 spiro atoms. The predicted octanol–water partition coefficient (Wildman–Crippen LogP) is 4.19. The van der Waals surface area contributed by atoms with Gasteiger partial charge in [-0.15, -0.1) is 0 Å². The number of carbonyl (C=O) groups is 1. The van der Waals surface area contributed by atoms with E-state index in [0.29, 0.717) is 29.5 Å². The number of ketones is 1. The highest BCUT2D eigenvalue weighted by Crippen LogP contribution is 2.34. The number of allylic oxidation sites excluding steroid dienone is 2. The smallest absolute Gasteiger partial charge is 0.310 e. The Hall–Kier alpha value is -3.01. The van der Waals surface area contributed by atoms with E-state index < -0.39 is 20.8 Å². The molecule has 0 amide bonds. The van der Waals surface area contributed by atoms with Gasteiger partial charge in [-0.1, -0.05) is 18.9 Å². The van der Waals surface area contributed by atoms with E-state index in [1.807, 2.05) is 20.8 Å². The largest absolute Gasteiger partial charge is 0.361 e. The van der Waals surface area contributed by atoms with Gasteiger partial charge in [0.05, 0.1) is 22.4 Å². The minimum Gasteiger partial charge on any atom is -0.361 e. The van der Waals surface area contributed by atoms with Crippen LogP contribution in [-0.2, 0) is 17.2 Å². The second-order valence-electron chi connectivity index (χ2n) is 7.53. The molecule has 1 aromatic heterocycles. The van der Waals surface area contributed by atoms with Crippen molar-refractivity contribution in [2.24, 2.45) is 7.05 Å². The number of aryl methyl sites for hydroxylation is 1. The number of carbonyl (C=O) groups excluding carboxylic acids is 1. The topological polar surface area (TPSA) is 121 Å². The van der Waals surface area contributed by atoms with Crippen LogP contribution < -0.4 is 4.18 Å². The average Bonchev–Trinajstić information content (AvgIpc) is 3.04. The zero-order valence-electron chi connectivity index (χ0n) is 18.6. The highest BCUT2D eigenvalue weighted by Gasteiger charge is 2.28. The van der Waals surface area contributed by atoms with Crippen molar-refractivity contribution >= 4 is 27.2 Å². The SMILES string of the molecule is CCCCS(=O)(=O)Oc1c(C(=O)c2ccc([N+](=O)[O-])c(C(C)=C(C)C)c2C)cnn1C. The summed E-state index contributed by atoms with van der Waals surface area (Å²) in [5.74, 6) is -0.883. The fourth-order valence-corrected chi connectivity index (χ4v) is 4.29. The van der Waals surface area contributed by atoms with Gasteiger partial charge in [0.1, 0.15) is 5.56 Å². The highest BCUT2D eigenvalue weighted by atomic mass is 32.2. The van der Waals surface area contributed by atoms with Gasteiger partial charge in [0, 0.05) is 18.7 Å². The first-order valence-electron chi connectivity index (χ1n) is 9.82. The molecule has 0 aliphatic carbocycles. The molecule has 0 unspecified atom stereocenters. The van der Waals surface area contributed by atoms with Gasteiger partial charge in [0.15, 0.2) is 5.78 Å². The van der Waals surface area contributed by atoms with Crippen molar-refractivity contribution in [3.63, 3.8) is 0 Å². The molecule has 0 aliphatic heterocycles. The molecule has 9 nitrogen and oxygen atoms in total. The molecule has 10 heteroatoms. The third-order valence-electron chi connectivity index (χ3n) is 5.09. The van der Waals surface area contributed by atoms with E-state index in [-0.39, 0.29) is 28.4 Å². The summed E-state index contributed by atoms with van der Waals surface area (Å²) in [6.07, 6.45) is 2.34. The Balaban J connectivity index is 2.61. The van der Waals surface area contributed by atoms with E-state index in [9.17, 15) is 23.3 Å². The van der Waals surface area contributed by atoms with Gasteiger partial charge in [-0.05, 0) is 51.3 Å². The molecule has 2 aromatic rings. The molecule has 0 saturated heterocycles. The lowest BCUT2D eigenvalue weighted by molar-refractivity contribution is -0.385. The minimum atomic E-state index is -3.90. The van der Waals surface area contributed by atoms with E-state index >= 15 is 0 Å². The molecule has 1 aromatic carbocycles. The fourth-order valence-electron chi connectivity index (χ4n) is 3.13. The van der Waals surface area contributed by atoms with E-state index in [1.165, 1.54) is 30.1 Å². The number of unbranched alkanes of at least 4 members (excludes halogenated alkanes) is 1. The second kappa shape index (κ2) is 9.42. The summed E-state index contributed by atoms with van der Waals surface area (Å²) >= 11 is 0. The minimum absolute atomic E-state index is 0.0275. The summed E-state index contributed by atoms with van der Waals surface area (Å²) in [5.41, 5.74) is 2.47. The molecule has 0 saturated carbocycles. The first kappa shape index (κ1) is 24.3. The molecule has 0 radical (unpaired) electrons. The summed E-state index contributed by atoms with van der Waals surface area (Å²) in [5, 5.41) is 15.5. The van der Waals surface area contributed by atoms with Crippen molar-refractivity contribution in [1.29, 1.82) is 0 Å². The summed E-state index contributed by atoms with van der Waals surface area (Å²) < 4.78 is 30.9. The number of nitro benzene ring substituents is 1. The highest BCUT2D eigenvalue weighted by molar-refractivity contribution is 7.87. The van der Waals surface area contributed by atoms with Gasteiger partial charge in [-0.2, -0.15) is 13.5 Å². The van der Waals surface area contributed by atoms with Crippen LogP contribution in [-0.4, -0.2) is 34.7 Å². The van der Waals surface area contributed by atoms with Crippen LogP contribution in [0.4, 0.5) is 5.69 Å². The first-order valence-corrected chi connectivity index (χ1v) is 11.4. The molecule has 1 heterocycles. The van der Waals surface area contributed by atoms with Crippen molar-refractivity contribution in [2.75, 3.05) is 5.75 Å². The van der Waals surface area contributed by atoms with E-state index in [2.05, 4.69) is 5.10 Å². The van der Waals surface area contributed by atoms with E-state index in [0.717, 1.165) is 5.57 Å². The van der Waals surface area contributed by atoms with Gasteiger partial charge < -0.3 is 4.18 Å². The summed E-state index contributed by atoms with van der Waals surface area (Å²) in [6.45, 7) is 8.93. The molecule has 0 fully saturated rings. The Morgan fingerprint density at radius 1 is 1.23 bits per heavy atom. The number of nitrogens with zero attached hydrogens (tertiary/aromatic N) is 3. The van der Waals surface area contributed by atoms with Crippen molar-refractivity contribution in [3.05, 3.63) is 56.3 Å². The van der Waals surface area contributed by atoms with Crippen LogP contribution in [0.25, 0.3) is 5.57 Å². The maximum Gasteiger partial charge on any atom is 0.310 e. The monoisotopic (exact) mass is 449 g/mol. The third-order valence-corrected chi connectivity index (χ3v) is 6.29. The van der Waals surface area contributed by atoms with Crippen LogP contribution >= 0.6 is 0 Å². The number of nitro groups is 1. The fraction of sp³-hybridized carbons (Fsp3) is 0.429. The summed E-state index contributed by atoms with van der Waals surface area (Å²) in [7, 11) is -2.42. The molecule has 2 rings (SSSR count). The Bertz CT molecular complexity index is 1160. The standard InChI is InChI=1S/C21H27N3O6S/c1-7-8-11-31(28,29)30-21-17(12-22-23(21)6)20(25)16-9-10-18(24(26)27)19(15(16)5)14(4)13(2)3/h9-10,12H,7-8,11H2,1-6H3. The van der Waals surface area contributed by atoms with Crippen molar-refractivity contribution in [1.82, 2.24) is 9.78 Å². The van der Waals surface area contributed by atoms with Crippen LogP contribution in [0.1, 0.15) is 67.6 Å². The third kappa shape index (κ3) is 5.19. The van der Waals surface area contributed by atoms with Crippen molar-refractivity contribution in [2.45, 2.75) is 47.5 Å². The maximum absolute atomic E-state index is 13.3. The van der Waals surface area contributed by atoms with Crippen LogP contribution in [0.3, 0.4) is 0 Å². The molecule has 0 bridgehead atoms. The first-order chi connectivity index (χ1) is 14.4. The van der Waals surface area contributed by atoms with Crippen LogP contribution in [0.5, 0.6) is 5.88 Å². The maximum atomic E-state index is 13.3. The van der Waals surface area contributed by atoms with E-state index in [4.69, 9.17) is 4.18 Å². The number of hydrogen-bond acceptors (Lipinski definition) is 7. The zero-order valence-corrected chi connectivity index (χ0v) is 19.4. The van der Waals surface area contributed by atoms with Gasteiger partial charge >= 0.3 is 10.1 Å². The molecule has 0 N–H and O–H groups in total. The Kier molecular flexibility index (Phi) is 7.37. The van der Waals surface area contributed by atoms with E-state index in [1.54, 1.807) is 13.8 Å². The van der Waals surface area contributed by atoms with Crippen LogP contribution in [0.2, 0.25) is 0 Å². The molecule has 31 heavy (non-hydrogen) atoms. The molecule has 168 valence electrons. The number of benzene rings is 1. The molecular formula is C21H27N3O6S. The van der Waals surface area contributed by atoms with Crippen LogP contribution in [0.15, 0.2) is 23.9 Å². The zero-order chi connectivity index (χ0) is 23.5. The van der Waals surface area contributed by atoms with Crippen molar-refractivity contribution < 1.29 is 22.3 Å². The number of aromatic nitrogens is 2. The van der Waals surface area contributed by atoms with Gasteiger partial charge in [-0.3, -0.25) is 14.9 Å². The number of rotatable bonds is 9. The quantitative estimate of drug-likeness (QED) is 0.243.